The zero-order valence-electron chi connectivity index (χ0n) is 13.3. The van der Waals surface area contributed by atoms with Gasteiger partial charge in [0.25, 0.3) is 5.91 Å². The fourth-order valence-electron chi connectivity index (χ4n) is 1.64. The number of ether oxygens (including phenoxy) is 2. The van der Waals surface area contributed by atoms with E-state index in [1.807, 2.05) is 25.1 Å². The molecule has 0 aliphatic carbocycles. The van der Waals surface area contributed by atoms with E-state index in [1.54, 1.807) is 12.1 Å². The molecule has 1 aromatic carbocycles. The van der Waals surface area contributed by atoms with Crippen molar-refractivity contribution in [3.8, 4) is 11.5 Å². The summed E-state index contributed by atoms with van der Waals surface area (Å²) < 4.78 is 10.6. The minimum Gasteiger partial charge on any atom is -0.493 e. The highest BCUT2D eigenvalue weighted by molar-refractivity contribution is 5.81. The molecule has 0 saturated heterocycles. The lowest BCUT2D eigenvalue weighted by atomic mass is 10.1. The predicted molar refractivity (Wildman–Crippen MR) is 84.5 cm³/mol. The van der Waals surface area contributed by atoms with Crippen molar-refractivity contribution in [2.75, 3.05) is 20.3 Å². The molecule has 126 valence electrons. The number of hydrogen-bond donors (Lipinski definition) is 3. The molecule has 0 aliphatic rings. The monoisotopic (exact) mass is 323 g/mol. The lowest BCUT2D eigenvalue weighted by Crippen LogP contribution is -2.47. The summed E-state index contributed by atoms with van der Waals surface area (Å²) in [6.07, 6.45) is 3.78. The number of carbonyl (C=O) groups is 2. The Bertz CT molecular complexity index is 594. The minimum atomic E-state index is -2.03. The topological polar surface area (TPSA) is 105 Å². The summed E-state index contributed by atoms with van der Waals surface area (Å²) in [4.78, 5) is 22.4. The van der Waals surface area contributed by atoms with E-state index in [2.05, 4.69) is 5.32 Å². The molecule has 23 heavy (non-hydrogen) atoms. The molecule has 3 N–H and O–H groups in total. The highest BCUT2D eigenvalue weighted by Crippen LogP contribution is 2.28. The molecule has 7 heteroatoms. The molecule has 0 heterocycles. The van der Waals surface area contributed by atoms with Gasteiger partial charge in [0.05, 0.1) is 13.7 Å². The Morgan fingerprint density at radius 1 is 1.35 bits per heavy atom. The van der Waals surface area contributed by atoms with Gasteiger partial charge in [0.1, 0.15) is 0 Å². The van der Waals surface area contributed by atoms with Crippen LogP contribution in [0.3, 0.4) is 0 Å². The van der Waals surface area contributed by atoms with Crippen molar-refractivity contribution in [2.45, 2.75) is 19.4 Å². The van der Waals surface area contributed by atoms with Crippen LogP contribution in [0.2, 0.25) is 0 Å². The van der Waals surface area contributed by atoms with Gasteiger partial charge in [-0.1, -0.05) is 18.2 Å². The van der Waals surface area contributed by atoms with Crippen molar-refractivity contribution < 1.29 is 29.3 Å². The number of aliphatic carboxylic acids is 1. The number of methoxy groups -OCH3 is 1. The number of carboxylic acid groups (broad SMARTS) is 1. The van der Waals surface area contributed by atoms with Crippen LogP contribution in [0.5, 0.6) is 11.5 Å². The molecule has 1 amide bonds. The Labute approximate surface area is 134 Å². The van der Waals surface area contributed by atoms with Crippen molar-refractivity contribution in [2.24, 2.45) is 0 Å². The smallest absolute Gasteiger partial charge is 0.337 e. The molecule has 7 nitrogen and oxygen atoms in total. The first kappa shape index (κ1) is 18.5. The molecule has 0 aromatic heterocycles. The van der Waals surface area contributed by atoms with Crippen molar-refractivity contribution in [3.05, 3.63) is 29.8 Å². The number of rotatable bonds is 8. The third-order valence-electron chi connectivity index (χ3n) is 3.00. The fraction of sp³-hybridized carbons (Fsp3) is 0.375. The van der Waals surface area contributed by atoms with E-state index in [9.17, 15) is 14.7 Å². The second-order valence-corrected chi connectivity index (χ2v) is 5.05. The number of aliphatic hydroxyl groups is 1. The number of hydrogen-bond acceptors (Lipinski definition) is 5. The number of nitrogens with one attached hydrogen (secondary N) is 1. The van der Waals surface area contributed by atoms with Gasteiger partial charge < -0.3 is 25.0 Å². The number of carbonyl (C=O) groups excluding carboxylic acids is 1. The Balaban J connectivity index is 2.61. The lowest BCUT2D eigenvalue weighted by Gasteiger charge is -2.18. The van der Waals surface area contributed by atoms with Crippen LogP contribution in [0.15, 0.2) is 24.3 Å². The summed E-state index contributed by atoms with van der Waals surface area (Å²) in [5.41, 5.74) is -1.10. The zero-order valence-corrected chi connectivity index (χ0v) is 13.3. The molecule has 1 rings (SSSR count). The summed E-state index contributed by atoms with van der Waals surface area (Å²) in [7, 11) is 1.49. The van der Waals surface area contributed by atoms with Crippen LogP contribution in [-0.2, 0) is 9.59 Å². The van der Waals surface area contributed by atoms with Crippen LogP contribution in [0, 0.1) is 0 Å². The quantitative estimate of drug-likeness (QED) is 0.661. The standard InChI is InChI=1S/C16H21NO6/c1-4-5-11-6-7-12(13(8-11)22-3)23-9-14(18)17-10-16(2,21)15(19)20/h4-8,21H,9-10H2,1-3H3,(H,17,18)(H,19,20)/b5-4+. The molecule has 1 unspecified atom stereocenters. The number of carboxylic acids is 1. The van der Waals surface area contributed by atoms with Gasteiger partial charge in [-0.15, -0.1) is 0 Å². The average Bonchev–Trinajstić information content (AvgIpc) is 2.51. The van der Waals surface area contributed by atoms with Gasteiger partial charge in [-0.25, -0.2) is 4.79 Å². The Hall–Kier alpha value is -2.54. The molecule has 0 spiro atoms. The molecular formula is C16H21NO6. The number of benzene rings is 1. The zero-order chi connectivity index (χ0) is 17.5. The van der Waals surface area contributed by atoms with Crippen molar-refractivity contribution >= 4 is 18.0 Å². The van der Waals surface area contributed by atoms with E-state index in [4.69, 9.17) is 14.6 Å². The maximum atomic E-state index is 11.7. The highest BCUT2D eigenvalue weighted by atomic mass is 16.5. The van der Waals surface area contributed by atoms with E-state index >= 15 is 0 Å². The van der Waals surface area contributed by atoms with Crippen LogP contribution < -0.4 is 14.8 Å². The maximum absolute atomic E-state index is 11.7. The van der Waals surface area contributed by atoms with Crippen LogP contribution in [0.25, 0.3) is 6.08 Å². The van der Waals surface area contributed by atoms with Gasteiger partial charge >= 0.3 is 5.97 Å². The first-order valence-electron chi connectivity index (χ1n) is 6.96. The second kappa shape index (κ2) is 8.19. The summed E-state index contributed by atoms with van der Waals surface area (Å²) >= 11 is 0. The molecular weight excluding hydrogens is 302 g/mol. The average molecular weight is 323 g/mol. The first-order chi connectivity index (χ1) is 10.8. The van der Waals surface area contributed by atoms with E-state index in [0.29, 0.717) is 11.5 Å². The Morgan fingerprint density at radius 3 is 2.61 bits per heavy atom. The van der Waals surface area contributed by atoms with Crippen LogP contribution >= 0.6 is 0 Å². The molecule has 0 bridgehead atoms. The van der Waals surface area contributed by atoms with Crippen molar-refractivity contribution in [1.82, 2.24) is 5.32 Å². The van der Waals surface area contributed by atoms with E-state index < -0.39 is 24.0 Å². The normalized spacial score (nSPS) is 13.4. The van der Waals surface area contributed by atoms with Gasteiger partial charge in [0.15, 0.2) is 23.7 Å². The second-order valence-electron chi connectivity index (χ2n) is 5.05. The molecule has 0 radical (unpaired) electrons. The Kier molecular flexibility index (Phi) is 6.59. The highest BCUT2D eigenvalue weighted by Gasteiger charge is 2.30. The predicted octanol–water partition coefficient (Wildman–Crippen LogP) is 1.06. The number of amides is 1. The summed E-state index contributed by atoms with van der Waals surface area (Å²) in [5, 5.41) is 20.5. The van der Waals surface area contributed by atoms with E-state index in [1.165, 1.54) is 7.11 Å². The van der Waals surface area contributed by atoms with Gasteiger partial charge in [-0.2, -0.15) is 0 Å². The van der Waals surface area contributed by atoms with Crippen molar-refractivity contribution in [1.29, 1.82) is 0 Å². The molecule has 1 atom stereocenters. The fourth-order valence-corrected chi connectivity index (χ4v) is 1.64. The maximum Gasteiger partial charge on any atom is 0.337 e. The van der Waals surface area contributed by atoms with E-state index in [-0.39, 0.29) is 6.61 Å². The van der Waals surface area contributed by atoms with Gasteiger partial charge in [-0.3, -0.25) is 4.79 Å². The minimum absolute atomic E-state index is 0.324. The molecule has 0 aliphatic heterocycles. The SMILES string of the molecule is C/C=C/c1ccc(OCC(=O)NCC(C)(O)C(=O)O)c(OC)c1. The summed E-state index contributed by atoms with van der Waals surface area (Å²) in [5.74, 6) is -1.10. The first-order valence-corrected chi connectivity index (χ1v) is 6.96. The van der Waals surface area contributed by atoms with Gasteiger partial charge in [0, 0.05) is 0 Å². The third-order valence-corrected chi connectivity index (χ3v) is 3.00. The summed E-state index contributed by atoms with van der Waals surface area (Å²) in [6, 6.07) is 5.25. The van der Waals surface area contributed by atoms with Crippen molar-refractivity contribution in [3.63, 3.8) is 0 Å². The summed E-state index contributed by atoms with van der Waals surface area (Å²) in [6.45, 7) is 2.25. The van der Waals surface area contributed by atoms with E-state index in [0.717, 1.165) is 12.5 Å². The van der Waals surface area contributed by atoms with Gasteiger partial charge in [-0.05, 0) is 31.5 Å². The van der Waals surface area contributed by atoms with Crippen LogP contribution in [0.4, 0.5) is 0 Å². The number of allylic oxidation sites excluding steroid dienone is 1. The molecule has 1 aromatic rings. The largest absolute Gasteiger partial charge is 0.493 e. The lowest BCUT2D eigenvalue weighted by molar-refractivity contribution is -0.156. The van der Waals surface area contributed by atoms with Gasteiger partial charge in [0.2, 0.25) is 0 Å². The van der Waals surface area contributed by atoms with Crippen LogP contribution in [0.1, 0.15) is 19.4 Å². The molecule has 0 fully saturated rings. The Morgan fingerprint density at radius 2 is 2.04 bits per heavy atom. The van der Waals surface area contributed by atoms with Crippen LogP contribution in [-0.4, -0.2) is 48.0 Å². The third kappa shape index (κ3) is 5.63. The molecule has 0 saturated carbocycles.